The van der Waals surface area contributed by atoms with Crippen molar-refractivity contribution >= 4 is 5.91 Å². The average Bonchev–Trinajstić information content (AvgIpc) is 2.27. The number of aryl methyl sites for hydroxylation is 1. The van der Waals surface area contributed by atoms with Crippen LogP contribution in [0.1, 0.15) is 50.3 Å². The Labute approximate surface area is 103 Å². The lowest BCUT2D eigenvalue weighted by molar-refractivity contribution is -0.125. The Morgan fingerprint density at radius 3 is 2.41 bits per heavy atom. The first kappa shape index (κ1) is 13.7. The molecule has 0 fully saturated rings. The fourth-order valence-electron chi connectivity index (χ4n) is 1.97. The van der Waals surface area contributed by atoms with Gasteiger partial charge in [0.25, 0.3) is 0 Å². The van der Waals surface area contributed by atoms with Gasteiger partial charge in [-0.05, 0) is 43.4 Å². The third kappa shape index (κ3) is 2.67. The predicted molar refractivity (Wildman–Crippen MR) is 70.6 cm³/mol. The number of nitrogens with two attached hydrogens (primary N) is 1. The van der Waals surface area contributed by atoms with Gasteiger partial charge in [-0.15, -0.1) is 0 Å². The summed E-state index contributed by atoms with van der Waals surface area (Å²) in [6.45, 7) is 10.1. The van der Waals surface area contributed by atoms with E-state index in [2.05, 4.69) is 37.5 Å². The van der Waals surface area contributed by atoms with Crippen LogP contribution in [0, 0.1) is 6.92 Å². The minimum Gasteiger partial charge on any atom is -0.294 e. The van der Waals surface area contributed by atoms with Gasteiger partial charge in [0.1, 0.15) is 0 Å². The van der Waals surface area contributed by atoms with E-state index in [9.17, 15) is 4.79 Å². The maximum atomic E-state index is 11.8. The molecule has 3 N–H and O–H groups in total. The second-order valence-electron chi connectivity index (χ2n) is 5.33. The zero-order chi connectivity index (χ0) is 13.2. The number of hydrogen-bond acceptors (Lipinski definition) is 2. The number of hydrogen-bond donors (Lipinski definition) is 2. The van der Waals surface area contributed by atoms with Crippen molar-refractivity contribution in [3.05, 3.63) is 34.9 Å². The third-order valence-corrected chi connectivity index (χ3v) is 3.30. The van der Waals surface area contributed by atoms with E-state index in [1.54, 1.807) is 0 Å². The summed E-state index contributed by atoms with van der Waals surface area (Å²) in [4.78, 5) is 11.8. The van der Waals surface area contributed by atoms with Crippen LogP contribution in [0.3, 0.4) is 0 Å². The Morgan fingerprint density at radius 1 is 1.35 bits per heavy atom. The van der Waals surface area contributed by atoms with Crippen LogP contribution < -0.4 is 11.3 Å². The van der Waals surface area contributed by atoms with Crippen molar-refractivity contribution in [3.63, 3.8) is 0 Å². The Kier molecular flexibility index (Phi) is 3.94. The van der Waals surface area contributed by atoms with Gasteiger partial charge in [0.05, 0.1) is 5.41 Å². The average molecular weight is 234 g/mol. The lowest BCUT2D eigenvalue weighted by atomic mass is 9.79. The molecule has 1 aromatic carbocycles. The molecule has 0 heterocycles. The summed E-state index contributed by atoms with van der Waals surface area (Å²) < 4.78 is 0. The molecule has 0 bridgehead atoms. The lowest BCUT2D eigenvalue weighted by Gasteiger charge is -2.26. The number of rotatable bonds is 3. The quantitative estimate of drug-likeness (QED) is 0.479. The van der Waals surface area contributed by atoms with Crippen molar-refractivity contribution in [1.82, 2.24) is 5.43 Å². The van der Waals surface area contributed by atoms with Gasteiger partial charge in [0.2, 0.25) is 5.91 Å². The number of benzene rings is 1. The van der Waals surface area contributed by atoms with Gasteiger partial charge >= 0.3 is 0 Å². The van der Waals surface area contributed by atoms with Gasteiger partial charge in [-0.25, -0.2) is 5.84 Å². The second kappa shape index (κ2) is 4.88. The van der Waals surface area contributed by atoms with Crippen LogP contribution in [-0.2, 0) is 10.2 Å². The van der Waals surface area contributed by atoms with Crippen molar-refractivity contribution in [2.45, 2.75) is 46.0 Å². The molecule has 1 rings (SSSR count). The molecule has 0 aliphatic rings. The highest BCUT2D eigenvalue weighted by atomic mass is 16.2. The lowest BCUT2D eigenvalue weighted by Crippen LogP contribution is -2.44. The number of nitrogens with one attached hydrogen (secondary N) is 1. The molecule has 0 unspecified atom stereocenters. The summed E-state index contributed by atoms with van der Waals surface area (Å²) in [5, 5.41) is 0. The Bertz CT molecular complexity index is 422. The van der Waals surface area contributed by atoms with Crippen molar-refractivity contribution in [2.24, 2.45) is 5.84 Å². The maximum Gasteiger partial charge on any atom is 0.243 e. The summed E-state index contributed by atoms with van der Waals surface area (Å²) in [6.07, 6.45) is 0. The van der Waals surface area contributed by atoms with Crippen LogP contribution in [0.5, 0.6) is 0 Å². The Balaban J connectivity index is 3.29. The van der Waals surface area contributed by atoms with Gasteiger partial charge in [-0.2, -0.15) is 0 Å². The first-order valence-corrected chi connectivity index (χ1v) is 5.92. The minimum atomic E-state index is -0.607. The fourth-order valence-corrected chi connectivity index (χ4v) is 1.97. The van der Waals surface area contributed by atoms with Crippen molar-refractivity contribution < 1.29 is 4.79 Å². The SMILES string of the molecule is Cc1ccc(C(C)C)cc1C(C)(C)C(=O)NN. The fraction of sp³-hybridized carbons (Fsp3) is 0.500. The highest BCUT2D eigenvalue weighted by molar-refractivity contribution is 5.87. The molecule has 0 saturated carbocycles. The van der Waals surface area contributed by atoms with E-state index in [0.29, 0.717) is 5.92 Å². The molecule has 0 spiro atoms. The molecule has 3 heteroatoms. The van der Waals surface area contributed by atoms with Gasteiger partial charge in [-0.3, -0.25) is 10.2 Å². The molecule has 3 nitrogen and oxygen atoms in total. The smallest absolute Gasteiger partial charge is 0.243 e. The van der Waals surface area contributed by atoms with Gasteiger partial charge in [0.15, 0.2) is 0 Å². The van der Waals surface area contributed by atoms with Crippen molar-refractivity contribution in [1.29, 1.82) is 0 Å². The first-order chi connectivity index (χ1) is 7.80. The summed E-state index contributed by atoms with van der Waals surface area (Å²) in [5.41, 5.74) is 5.02. The summed E-state index contributed by atoms with van der Waals surface area (Å²) in [7, 11) is 0. The monoisotopic (exact) mass is 234 g/mol. The topological polar surface area (TPSA) is 55.1 Å². The molecular formula is C14H22N2O. The van der Waals surface area contributed by atoms with Gasteiger partial charge < -0.3 is 0 Å². The van der Waals surface area contributed by atoms with Crippen LogP contribution in [0.15, 0.2) is 18.2 Å². The highest BCUT2D eigenvalue weighted by Gasteiger charge is 2.30. The summed E-state index contributed by atoms with van der Waals surface area (Å²) in [6, 6.07) is 6.28. The Hall–Kier alpha value is -1.35. The minimum absolute atomic E-state index is 0.165. The molecule has 0 radical (unpaired) electrons. The van der Waals surface area contributed by atoms with Crippen LogP contribution in [0.2, 0.25) is 0 Å². The Morgan fingerprint density at radius 2 is 1.94 bits per heavy atom. The summed E-state index contributed by atoms with van der Waals surface area (Å²) in [5.74, 6) is 5.53. The highest BCUT2D eigenvalue weighted by Crippen LogP contribution is 2.29. The van der Waals surface area contributed by atoms with Crippen LogP contribution >= 0.6 is 0 Å². The number of hydrazine groups is 1. The largest absolute Gasteiger partial charge is 0.294 e. The molecule has 17 heavy (non-hydrogen) atoms. The molecule has 1 amide bonds. The zero-order valence-corrected chi connectivity index (χ0v) is 11.3. The van der Waals surface area contributed by atoms with Crippen LogP contribution in [0.4, 0.5) is 0 Å². The van der Waals surface area contributed by atoms with Crippen molar-refractivity contribution in [2.75, 3.05) is 0 Å². The third-order valence-electron chi connectivity index (χ3n) is 3.30. The number of carbonyl (C=O) groups excluding carboxylic acids is 1. The van der Waals surface area contributed by atoms with Crippen molar-refractivity contribution in [3.8, 4) is 0 Å². The molecule has 0 atom stereocenters. The molecule has 94 valence electrons. The molecule has 0 aliphatic heterocycles. The second-order valence-corrected chi connectivity index (χ2v) is 5.33. The van der Waals surface area contributed by atoms with E-state index >= 15 is 0 Å². The number of carbonyl (C=O) groups is 1. The van der Waals surface area contributed by atoms with E-state index in [1.165, 1.54) is 5.56 Å². The zero-order valence-electron chi connectivity index (χ0n) is 11.3. The molecular weight excluding hydrogens is 212 g/mol. The van der Waals surface area contributed by atoms with E-state index in [4.69, 9.17) is 5.84 Å². The molecule has 0 aliphatic carbocycles. The van der Waals surface area contributed by atoms with E-state index in [0.717, 1.165) is 11.1 Å². The maximum absolute atomic E-state index is 11.8. The van der Waals surface area contributed by atoms with Gasteiger partial charge in [-0.1, -0.05) is 32.0 Å². The van der Waals surface area contributed by atoms with Gasteiger partial charge in [0, 0.05) is 0 Å². The normalized spacial score (nSPS) is 11.7. The van der Waals surface area contributed by atoms with E-state index in [-0.39, 0.29) is 5.91 Å². The molecule has 0 aromatic heterocycles. The van der Waals surface area contributed by atoms with Crippen LogP contribution in [0.25, 0.3) is 0 Å². The number of amides is 1. The summed E-state index contributed by atoms with van der Waals surface area (Å²) >= 11 is 0. The molecule has 0 saturated heterocycles. The van der Waals surface area contributed by atoms with E-state index in [1.807, 2.05) is 20.8 Å². The standard InChI is InChI=1S/C14H22N2O/c1-9(2)11-7-6-10(3)12(8-11)14(4,5)13(17)16-15/h6-9H,15H2,1-5H3,(H,16,17). The van der Waals surface area contributed by atoms with E-state index < -0.39 is 5.41 Å². The molecule has 1 aromatic rings. The predicted octanol–water partition coefficient (Wildman–Crippen LogP) is 2.39. The van der Waals surface area contributed by atoms with Crippen LogP contribution in [-0.4, -0.2) is 5.91 Å². The first-order valence-electron chi connectivity index (χ1n) is 5.92.